The van der Waals surface area contributed by atoms with Gasteiger partial charge in [-0.15, -0.1) is 0 Å². The Hall–Kier alpha value is -3.72. The van der Waals surface area contributed by atoms with Gasteiger partial charge in [-0.05, 0) is 31.9 Å². The molecule has 3 fully saturated rings. The Balaban J connectivity index is 1.54. The van der Waals surface area contributed by atoms with Gasteiger partial charge in [0.25, 0.3) is 0 Å². The third-order valence-corrected chi connectivity index (χ3v) is 7.62. The molecule has 0 aliphatic carbocycles. The van der Waals surface area contributed by atoms with Crippen LogP contribution in [0.2, 0.25) is 0 Å². The van der Waals surface area contributed by atoms with Gasteiger partial charge < -0.3 is 19.1 Å². The number of barbiturate groups is 1. The fourth-order valence-corrected chi connectivity index (χ4v) is 6.22. The van der Waals surface area contributed by atoms with Crippen molar-refractivity contribution < 1.29 is 28.0 Å². The van der Waals surface area contributed by atoms with E-state index < -0.39 is 41.2 Å². The van der Waals surface area contributed by atoms with Crippen molar-refractivity contribution in [3.05, 3.63) is 17.4 Å². The highest BCUT2D eigenvalue weighted by Crippen LogP contribution is 2.49. The molecule has 4 aliphatic rings. The first-order chi connectivity index (χ1) is 16.7. The number of imide groups is 2. The molecule has 35 heavy (non-hydrogen) atoms. The number of ether oxygens (including phenoxy) is 1. The number of carbonyl (C=O) groups excluding carboxylic acids is 3. The van der Waals surface area contributed by atoms with Crippen LogP contribution in [-0.2, 0) is 20.7 Å². The summed E-state index contributed by atoms with van der Waals surface area (Å²) in [6, 6.07) is 2.23. The van der Waals surface area contributed by atoms with Crippen molar-refractivity contribution in [3.8, 4) is 6.07 Å². The standard InChI is InChI=1S/C23H23FN6O5/c1-10-8-30-16-13(6-23(18(30)11(2)34-10)20(31)26-22(33)27-21(23)32)5-14-17(15(16)24)35-28-19(14)29-4-3-12(7-25)9-29/h5,10-12,18H,3-4,6,8-9H2,1-2H3,(H2,26,27,31,32,33)/t10-,11+,12-,18-/m1/s1. The maximum Gasteiger partial charge on any atom is 0.328 e. The number of morpholine rings is 1. The predicted molar refractivity (Wildman–Crippen MR) is 119 cm³/mol. The zero-order valence-electron chi connectivity index (χ0n) is 19.1. The van der Waals surface area contributed by atoms with Gasteiger partial charge in [-0.3, -0.25) is 20.2 Å². The van der Waals surface area contributed by atoms with Crippen LogP contribution in [0.25, 0.3) is 11.0 Å². The Labute approximate surface area is 199 Å². The molecule has 2 aromatic rings. The zero-order chi connectivity index (χ0) is 24.6. The van der Waals surface area contributed by atoms with Crippen LogP contribution in [0.4, 0.5) is 20.7 Å². The minimum absolute atomic E-state index is 0.0200. The lowest BCUT2D eigenvalue weighted by molar-refractivity contribution is -0.153. The van der Waals surface area contributed by atoms with E-state index in [1.807, 2.05) is 11.8 Å². The first kappa shape index (κ1) is 21.8. The number of fused-ring (bicyclic) bond motifs is 5. The second kappa shape index (κ2) is 7.39. The van der Waals surface area contributed by atoms with E-state index in [-0.39, 0.29) is 36.3 Å². The number of halogens is 1. The fourth-order valence-electron chi connectivity index (χ4n) is 6.22. The van der Waals surface area contributed by atoms with Gasteiger partial charge in [-0.2, -0.15) is 5.26 Å². The van der Waals surface area contributed by atoms with Crippen molar-refractivity contribution in [3.63, 3.8) is 0 Å². The molecule has 0 saturated carbocycles. The van der Waals surface area contributed by atoms with Gasteiger partial charge in [0.2, 0.25) is 17.4 Å². The number of rotatable bonds is 1. The highest BCUT2D eigenvalue weighted by Gasteiger charge is 2.63. The van der Waals surface area contributed by atoms with Gasteiger partial charge in [0, 0.05) is 26.1 Å². The van der Waals surface area contributed by atoms with Crippen molar-refractivity contribution in [2.45, 2.75) is 44.9 Å². The number of nitrogens with zero attached hydrogens (tertiary/aromatic N) is 4. The molecule has 0 bridgehead atoms. The lowest BCUT2D eigenvalue weighted by Gasteiger charge is -2.55. The van der Waals surface area contributed by atoms with Gasteiger partial charge in [-0.25, -0.2) is 9.18 Å². The number of benzene rings is 1. The Morgan fingerprint density at radius 3 is 2.66 bits per heavy atom. The highest BCUT2D eigenvalue weighted by molar-refractivity contribution is 6.20. The van der Waals surface area contributed by atoms with E-state index in [0.29, 0.717) is 36.3 Å². The number of amides is 4. The Kier molecular flexibility index (Phi) is 4.60. The summed E-state index contributed by atoms with van der Waals surface area (Å²) in [5, 5.41) is 18.2. The molecule has 1 aromatic carbocycles. The zero-order valence-corrected chi connectivity index (χ0v) is 19.1. The Bertz CT molecular complexity index is 1310. The molecule has 182 valence electrons. The molecular formula is C23H23FN6O5. The average molecular weight is 482 g/mol. The van der Waals surface area contributed by atoms with Crippen LogP contribution in [0.15, 0.2) is 10.6 Å². The minimum atomic E-state index is -1.70. The summed E-state index contributed by atoms with van der Waals surface area (Å²) < 4.78 is 27.5. The summed E-state index contributed by atoms with van der Waals surface area (Å²) in [7, 11) is 0. The van der Waals surface area contributed by atoms with Gasteiger partial charge in [0.1, 0.15) is 0 Å². The van der Waals surface area contributed by atoms with Crippen molar-refractivity contribution in [1.29, 1.82) is 5.26 Å². The third kappa shape index (κ3) is 2.91. The number of hydrogen-bond acceptors (Lipinski definition) is 9. The molecule has 0 unspecified atom stereocenters. The van der Waals surface area contributed by atoms with E-state index in [1.165, 1.54) is 0 Å². The average Bonchev–Trinajstić information content (AvgIpc) is 3.43. The number of hydrogen-bond donors (Lipinski definition) is 2. The van der Waals surface area contributed by atoms with Gasteiger partial charge in [0.15, 0.2) is 17.1 Å². The fraction of sp³-hybridized carbons (Fsp3) is 0.522. The molecule has 3 saturated heterocycles. The van der Waals surface area contributed by atoms with Crippen molar-refractivity contribution in [1.82, 2.24) is 15.8 Å². The lowest BCUT2D eigenvalue weighted by Crippen LogP contribution is -2.75. The van der Waals surface area contributed by atoms with Crippen LogP contribution in [0, 0.1) is 28.5 Å². The van der Waals surface area contributed by atoms with Crippen molar-refractivity contribution in [2.24, 2.45) is 11.3 Å². The monoisotopic (exact) mass is 482 g/mol. The van der Waals surface area contributed by atoms with Crippen molar-refractivity contribution in [2.75, 3.05) is 29.4 Å². The number of carbonyl (C=O) groups is 3. The number of anilines is 2. The summed E-state index contributed by atoms with van der Waals surface area (Å²) >= 11 is 0. The van der Waals surface area contributed by atoms with Crippen molar-refractivity contribution >= 4 is 40.3 Å². The van der Waals surface area contributed by atoms with Crippen LogP contribution in [0.3, 0.4) is 0 Å². The number of aromatic nitrogens is 1. The quantitative estimate of drug-likeness (QED) is 0.574. The van der Waals surface area contributed by atoms with Gasteiger partial charge in [0.05, 0.1) is 41.3 Å². The van der Waals surface area contributed by atoms with Crippen LogP contribution >= 0.6 is 0 Å². The predicted octanol–water partition coefficient (Wildman–Crippen LogP) is 1.21. The highest BCUT2D eigenvalue weighted by atomic mass is 19.1. The number of urea groups is 1. The first-order valence-corrected chi connectivity index (χ1v) is 11.6. The van der Waals surface area contributed by atoms with E-state index in [4.69, 9.17) is 9.26 Å². The normalized spacial score (nSPS) is 29.6. The molecule has 12 heteroatoms. The van der Waals surface area contributed by atoms with Crippen LogP contribution in [-0.4, -0.2) is 60.9 Å². The largest absolute Gasteiger partial charge is 0.372 e. The molecule has 0 radical (unpaired) electrons. The molecule has 4 atom stereocenters. The van der Waals surface area contributed by atoms with Gasteiger partial charge >= 0.3 is 6.03 Å². The molecule has 6 rings (SSSR count). The van der Waals surface area contributed by atoms with E-state index in [0.717, 1.165) is 0 Å². The number of nitriles is 1. The Morgan fingerprint density at radius 2 is 1.97 bits per heavy atom. The van der Waals surface area contributed by atoms with E-state index in [2.05, 4.69) is 21.9 Å². The topological polar surface area (TPSA) is 141 Å². The van der Waals surface area contributed by atoms with Crippen LogP contribution in [0.5, 0.6) is 0 Å². The van der Waals surface area contributed by atoms with E-state index in [1.54, 1.807) is 17.9 Å². The third-order valence-electron chi connectivity index (χ3n) is 7.62. The minimum Gasteiger partial charge on any atom is -0.372 e. The first-order valence-electron chi connectivity index (χ1n) is 11.6. The molecule has 4 aliphatic heterocycles. The SMILES string of the molecule is C[C@@H]1CN2c3c(cc4c(N5CC[C@H](C#N)C5)noc4c3F)CC3(C(=O)NC(=O)NC3=O)[C@H]2[C@H](C)O1. The van der Waals surface area contributed by atoms with E-state index >= 15 is 4.39 Å². The summed E-state index contributed by atoms with van der Waals surface area (Å²) in [5.41, 5.74) is -1.04. The maximum absolute atomic E-state index is 16.1. The van der Waals surface area contributed by atoms with Gasteiger partial charge in [-0.1, -0.05) is 5.16 Å². The molecule has 11 nitrogen and oxygen atoms in total. The van der Waals surface area contributed by atoms with Crippen LogP contribution in [0.1, 0.15) is 25.8 Å². The van der Waals surface area contributed by atoms with E-state index in [9.17, 15) is 19.6 Å². The molecule has 1 spiro atoms. The second-order valence-corrected chi connectivity index (χ2v) is 9.78. The molecule has 2 N–H and O–H groups in total. The number of nitrogens with one attached hydrogen (secondary N) is 2. The molecule has 4 amide bonds. The summed E-state index contributed by atoms with van der Waals surface area (Å²) in [6.45, 7) is 4.83. The summed E-state index contributed by atoms with van der Waals surface area (Å²) in [4.78, 5) is 42.0. The Morgan fingerprint density at radius 1 is 1.23 bits per heavy atom. The molecule has 1 aromatic heterocycles. The van der Waals surface area contributed by atoms with Crippen LogP contribution < -0.4 is 20.4 Å². The smallest absolute Gasteiger partial charge is 0.328 e. The molecule has 5 heterocycles. The second-order valence-electron chi connectivity index (χ2n) is 9.78. The summed E-state index contributed by atoms with van der Waals surface area (Å²) in [5.74, 6) is -1.83. The molecular weight excluding hydrogens is 459 g/mol. The summed E-state index contributed by atoms with van der Waals surface area (Å²) in [6.07, 6.45) is -0.367. The maximum atomic E-state index is 16.1. The lowest BCUT2D eigenvalue weighted by atomic mass is 9.66.